The summed E-state index contributed by atoms with van der Waals surface area (Å²) in [5, 5.41) is 1.22. The Hall–Kier alpha value is -2.78. The molecule has 0 bridgehead atoms. The molecule has 2 aliphatic heterocycles. The van der Waals surface area contributed by atoms with Crippen LogP contribution in [0.15, 0.2) is 0 Å². The van der Waals surface area contributed by atoms with Crippen molar-refractivity contribution in [2.45, 2.75) is 141 Å². The fraction of sp³-hybridized carbons (Fsp3) is 0.786. The quantitative estimate of drug-likeness (QED) is 0.144. The van der Waals surface area contributed by atoms with Crippen molar-refractivity contribution >= 4 is 35.6 Å². The van der Waals surface area contributed by atoms with E-state index < -0.39 is 35.6 Å². The minimum Gasteiger partial charge on any atom is -0.330 e. The number of carbonyl (C=O) groups excluding carboxylic acids is 6. The highest BCUT2D eigenvalue weighted by Crippen LogP contribution is 2.17. The zero-order valence-electron chi connectivity index (χ0n) is 22.7. The van der Waals surface area contributed by atoms with E-state index in [1.165, 1.54) is 51.4 Å². The molecule has 0 unspecified atom stereocenters. The van der Waals surface area contributed by atoms with Gasteiger partial charge in [-0.2, -0.15) is 0 Å². The number of imide groups is 2. The SMILES string of the molecule is O=C(CCCCCCCCCCCCCCCCCCC(=O)ON1C(=O)CCC1=O)ON1C(=O)CCC1=O. The van der Waals surface area contributed by atoms with Gasteiger partial charge in [0.1, 0.15) is 0 Å². The van der Waals surface area contributed by atoms with Gasteiger partial charge in [-0.15, -0.1) is 10.1 Å². The van der Waals surface area contributed by atoms with Gasteiger partial charge in [-0.25, -0.2) is 9.59 Å². The second-order valence-corrected chi connectivity index (χ2v) is 10.2. The van der Waals surface area contributed by atoms with Gasteiger partial charge < -0.3 is 9.68 Å². The van der Waals surface area contributed by atoms with E-state index in [1.807, 2.05) is 0 Å². The molecule has 10 heteroatoms. The second-order valence-electron chi connectivity index (χ2n) is 10.2. The van der Waals surface area contributed by atoms with Crippen LogP contribution in [-0.4, -0.2) is 45.7 Å². The third-order valence-electron chi connectivity index (χ3n) is 6.91. The first-order chi connectivity index (χ1) is 18.4. The molecule has 0 aliphatic carbocycles. The van der Waals surface area contributed by atoms with Crippen LogP contribution >= 0.6 is 0 Å². The van der Waals surface area contributed by atoms with E-state index in [9.17, 15) is 28.8 Å². The summed E-state index contributed by atoms with van der Waals surface area (Å²) in [6.45, 7) is 0. The molecule has 0 aromatic carbocycles. The molecule has 2 fully saturated rings. The zero-order chi connectivity index (χ0) is 27.6. The van der Waals surface area contributed by atoms with E-state index in [4.69, 9.17) is 9.68 Å². The van der Waals surface area contributed by atoms with Gasteiger partial charge in [0.25, 0.3) is 23.6 Å². The van der Waals surface area contributed by atoms with Crippen LogP contribution < -0.4 is 0 Å². The second kappa shape index (κ2) is 18.5. The normalized spacial score (nSPS) is 15.6. The summed E-state index contributed by atoms with van der Waals surface area (Å²) >= 11 is 0. The molecule has 2 aliphatic rings. The molecule has 0 radical (unpaired) electrons. The number of unbranched alkanes of at least 4 members (excludes halogenated alkanes) is 15. The standard InChI is InChI=1S/C28H44N2O8/c31-23-19-20-24(32)29(23)37-27(35)17-15-13-11-9-7-5-3-1-2-4-6-8-10-12-14-16-18-28(36)38-30-25(33)21-22-26(30)34/h1-22H2. The minimum absolute atomic E-state index is 0.117. The fourth-order valence-electron chi connectivity index (χ4n) is 4.62. The third kappa shape index (κ3) is 12.6. The zero-order valence-corrected chi connectivity index (χ0v) is 22.7. The number of hydrogen-bond acceptors (Lipinski definition) is 8. The van der Waals surface area contributed by atoms with Crippen LogP contribution in [0, 0.1) is 0 Å². The first-order valence-corrected chi connectivity index (χ1v) is 14.5. The van der Waals surface area contributed by atoms with E-state index in [1.54, 1.807) is 0 Å². The average molecular weight is 537 g/mol. The highest BCUT2D eigenvalue weighted by atomic mass is 16.7. The summed E-state index contributed by atoms with van der Waals surface area (Å²) in [5.41, 5.74) is 0. The molecule has 0 aromatic heterocycles. The van der Waals surface area contributed by atoms with Gasteiger partial charge >= 0.3 is 11.9 Å². The smallest absolute Gasteiger partial charge is 0.330 e. The lowest BCUT2D eigenvalue weighted by atomic mass is 10.0. The van der Waals surface area contributed by atoms with E-state index in [-0.39, 0.29) is 38.5 Å². The van der Waals surface area contributed by atoms with Crippen molar-refractivity contribution in [3.05, 3.63) is 0 Å². The number of carbonyl (C=O) groups is 6. The summed E-state index contributed by atoms with van der Waals surface area (Å²) in [4.78, 5) is 78.9. The fourth-order valence-corrected chi connectivity index (χ4v) is 4.62. The summed E-state index contributed by atoms with van der Waals surface area (Å²) < 4.78 is 0. The molecular formula is C28H44N2O8. The number of hydrogen-bond donors (Lipinski definition) is 0. The lowest BCUT2D eigenvalue weighted by molar-refractivity contribution is -0.197. The molecule has 0 spiro atoms. The third-order valence-corrected chi connectivity index (χ3v) is 6.91. The van der Waals surface area contributed by atoms with E-state index in [2.05, 4.69) is 0 Å². The van der Waals surface area contributed by atoms with Crippen molar-refractivity contribution in [2.75, 3.05) is 0 Å². The Morgan fingerprint density at radius 3 is 0.868 bits per heavy atom. The van der Waals surface area contributed by atoms with E-state index >= 15 is 0 Å². The maximum absolute atomic E-state index is 11.7. The van der Waals surface area contributed by atoms with Crippen molar-refractivity contribution in [3.8, 4) is 0 Å². The summed E-state index contributed by atoms with van der Waals surface area (Å²) in [6, 6.07) is 0. The van der Waals surface area contributed by atoms with Crippen LogP contribution in [0.25, 0.3) is 0 Å². The van der Waals surface area contributed by atoms with Crippen LogP contribution in [-0.2, 0) is 38.4 Å². The Bertz CT molecular complexity index is 715. The van der Waals surface area contributed by atoms with Crippen molar-refractivity contribution in [2.24, 2.45) is 0 Å². The minimum atomic E-state index is -0.511. The first kappa shape index (κ1) is 31.4. The molecule has 10 nitrogen and oxygen atoms in total. The number of nitrogens with zero attached hydrogens (tertiary/aromatic N) is 2. The molecule has 2 rings (SSSR count). The monoisotopic (exact) mass is 536 g/mol. The molecule has 0 N–H and O–H groups in total. The Kier molecular flexibility index (Phi) is 15.3. The highest BCUT2D eigenvalue weighted by molar-refractivity contribution is 6.02. The Morgan fingerprint density at radius 1 is 0.421 bits per heavy atom. The summed E-state index contributed by atoms with van der Waals surface area (Å²) in [5.74, 6) is -2.77. The topological polar surface area (TPSA) is 127 Å². The molecule has 0 saturated carbocycles. The van der Waals surface area contributed by atoms with Crippen molar-refractivity contribution in [1.29, 1.82) is 0 Å². The van der Waals surface area contributed by atoms with Crippen LogP contribution in [0.3, 0.4) is 0 Å². The number of hydroxylamine groups is 4. The van der Waals surface area contributed by atoms with Gasteiger partial charge in [0.2, 0.25) is 0 Å². The van der Waals surface area contributed by atoms with Crippen molar-refractivity contribution in [1.82, 2.24) is 10.1 Å². The van der Waals surface area contributed by atoms with E-state index in [0.717, 1.165) is 38.5 Å². The molecule has 214 valence electrons. The lowest BCUT2D eigenvalue weighted by Crippen LogP contribution is -2.31. The van der Waals surface area contributed by atoms with Crippen LogP contribution in [0.4, 0.5) is 0 Å². The molecule has 0 atom stereocenters. The van der Waals surface area contributed by atoms with Crippen molar-refractivity contribution in [3.63, 3.8) is 0 Å². The summed E-state index contributed by atoms with van der Waals surface area (Å²) in [6.07, 6.45) is 18.7. The van der Waals surface area contributed by atoms with Gasteiger partial charge in [-0.3, -0.25) is 19.2 Å². The first-order valence-electron chi connectivity index (χ1n) is 14.5. The maximum atomic E-state index is 11.7. The lowest BCUT2D eigenvalue weighted by Gasteiger charge is -2.12. The Morgan fingerprint density at radius 2 is 0.632 bits per heavy atom. The van der Waals surface area contributed by atoms with Gasteiger partial charge in [-0.1, -0.05) is 89.9 Å². The Balaban J connectivity index is 1.26. The largest absolute Gasteiger partial charge is 0.333 e. The maximum Gasteiger partial charge on any atom is 0.333 e. The molecule has 0 aromatic rings. The molecule has 2 heterocycles. The number of amides is 4. The Labute approximate surface area is 225 Å². The van der Waals surface area contributed by atoms with Gasteiger partial charge in [0.15, 0.2) is 0 Å². The van der Waals surface area contributed by atoms with Crippen LogP contribution in [0.5, 0.6) is 0 Å². The predicted octanol–water partition coefficient (Wildman–Crippen LogP) is 5.22. The molecular weight excluding hydrogens is 492 g/mol. The predicted molar refractivity (Wildman–Crippen MR) is 137 cm³/mol. The molecule has 38 heavy (non-hydrogen) atoms. The van der Waals surface area contributed by atoms with Gasteiger partial charge in [0.05, 0.1) is 0 Å². The molecule has 4 amide bonds. The van der Waals surface area contributed by atoms with Gasteiger partial charge in [-0.05, 0) is 12.8 Å². The summed E-state index contributed by atoms with van der Waals surface area (Å²) in [7, 11) is 0. The van der Waals surface area contributed by atoms with Crippen LogP contribution in [0.1, 0.15) is 141 Å². The average Bonchev–Trinajstić information content (AvgIpc) is 3.38. The molecule has 2 saturated heterocycles. The van der Waals surface area contributed by atoms with Gasteiger partial charge in [0, 0.05) is 38.5 Å². The number of rotatable bonds is 21. The van der Waals surface area contributed by atoms with Crippen LogP contribution in [0.2, 0.25) is 0 Å². The van der Waals surface area contributed by atoms with Crippen molar-refractivity contribution < 1.29 is 38.4 Å². The van der Waals surface area contributed by atoms with E-state index in [0.29, 0.717) is 23.0 Å². The highest BCUT2D eigenvalue weighted by Gasteiger charge is 2.33.